The van der Waals surface area contributed by atoms with Crippen LogP contribution in [0.2, 0.25) is 0 Å². The van der Waals surface area contributed by atoms with Crippen LogP contribution < -0.4 is 0 Å². The van der Waals surface area contributed by atoms with E-state index in [0.717, 1.165) is 19.8 Å². The van der Waals surface area contributed by atoms with Gasteiger partial charge in [-0.1, -0.05) is 18.2 Å². The minimum Gasteiger partial charge on any atom is -0.305 e. The summed E-state index contributed by atoms with van der Waals surface area (Å²) in [7, 11) is 10.6. The molecule has 0 amide bonds. The molecule has 3 nitrogen and oxygen atoms in total. The molecule has 0 saturated carbocycles. The van der Waals surface area contributed by atoms with Gasteiger partial charge in [-0.25, -0.2) is 0 Å². The molecule has 0 saturated heterocycles. The summed E-state index contributed by atoms with van der Waals surface area (Å²) in [6.45, 7) is 2.94. The Hall–Kier alpha value is -1.46. The average Bonchev–Trinajstić information content (AvgIpc) is 2.82. The standard InChI is InChI=1S/C20H27N3S/c1-21(2)12-16-6-8-17-18-10-15(13-23(5)14-22(3)4)7-9-19(18)24-20(17)11-16/h6-11H,12-14H2,1-5H3. The Balaban J connectivity index is 1.92. The van der Waals surface area contributed by atoms with E-state index in [-0.39, 0.29) is 0 Å². The molecule has 0 radical (unpaired) electrons. The first-order chi connectivity index (χ1) is 11.4. The number of hydrogen-bond donors (Lipinski definition) is 0. The summed E-state index contributed by atoms with van der Waals surface area (Å²) in [4.78, 5) is 6.75. The Labute approximate surface area is 149 Å². The lowest BCUT2D eigenvalue weighted by atomic mass is 10.1. The summed E-state index contributed by atoms with van der Waals surface area (Å²) >= 11 is 1.90. The Bertz CT molecular complexity index is 835. The van der Waals surface area contributed by atoms with Crippen molar-refractivity contribution in [3.05, 3.63) is 47.5 Å². The Morgan fingerprint density at radius 2 is 1.42 bits per heavy atom. The van der Waals surface area contributed by atoms with Crippen molar-refractivity contribution in [2.75, 3.05) is 41.9 Å². The van der Waals surface area contributed by atoms with Crippen molar-refractivity contribution in [2.24, 2.45) is 0 Å². The highest BCUT2D eigenvalue weighted by Gasteiger charge is 2.08. The summed E-state index contributed by atoms with van der Waals surface area (Å²) in [6.07, 6.45) is 0. The van der Waals surface area contributed by atoms with Crippen molar-refractivity contribution < 1.29 is 0 Å². The number of hydrogen-bond acceptors (Lipinski definition) is 4. The fraction of sp³-hybridized carbons (Fsp3) is 0.400. The highest BCUT2D eigenvalue weighted by molar-refractivity contribution is 7.25. The first-order valence-corrected chi connectivity index (χ1v) is 9.16. The molecule has 3 rings (SSSR count). The molecule has 0 bridgehead atoms. The first kappa shape index (κ1) is 17.4. The number of fused-ring (bicyclic) bond motifs is 3. The summed E-state index contributed by atoms with van der Waals surface area (Å²) in [5, 5.41) is 2.77. The molecule has 3 aromatic rings. The third-order valence-corrected chi connectivity index (χ3v) is 5.21. The SMILES string of the molecule is CN(C)Cc1ccc2c(c1)sc1ccc(CN(C)CN(C)C)cc12. The lowest BCUT2D eigenvalue weighted by Gasteiger charge is -2.21. The van der Waals surface area contributed by atoms with Crippen LogP contribution in [0.5, 0.6) is 0 Å². The number of nitrogens with zero attached hydrogens (tertiary/aromatic N) is 3. The highest BCUT2D eigenvalue weighted by atomic mass is 32.1. The van der Waals surface area contributed by atoms with Crippen LogP contribution in [-0.4, -0.2) is 56.6 Å². The third-order valence-electron chi connectivity index (χ3n) is 4.08. The molecule has 0 aliphatic carbocycles. The molecule has 0 N–H and O–H groups in total. The van der Waals surface area contributed by atoms with Crippen molar-refractivity contribution >= 4 is 31.5 Å². The molecule has 1 heterocycles. The molecule has 0 fully saturated rings. The van der Waals surface area contributed by atoms with E-state index in [9.17, 15) is 0 Å². The van der Waals surface area contributed by atoms with Gasteiger partial charge in [0.05, 0.1) is 6.67 Å². The van der Waals surface area contributed by atoms with Crippen molar-refractivity contribution in [3.8, 4) is 0 Å². The molecule has 24 heavy (non-hydrogen) atoms. The van der Waals surface area contributed by atoms with Gasteiger partial charge >= 0.3 is 0 Å². The van der Waals surface area contributed by atoms with E-state index in [0.29, 0.717) is 0 Å². The maximum Gasteiger partial charge on any atom is 0.0501 e. The number of rotatable bonds is 6. The van der Waals surface area contributed by atoms with E-state index in [1.54, 1.807) is 0 Å². The van der Waals surface area contributed by atoms with Crippen molar-refractivity contribution in [1.82, 2.24) is 14.7 Å². The lowest BCUT2D eigenvalue weighted by Crippen LogP contribution is -2.29. The highest BCUT2D eigenvalue weighted by Crippen LogP contribution is 2.35. The number of thiophene rings is 1. The Morgan fingerprint density at radius 1 is 0.708 bits per heavy atom. The van der Waals surface area contributed by atoms with Gasteiger partial charge in [-0.3, -0.25) is 9.80 Å². The fourth-order valence-electron chi connectivity index (χ4n) is 3.28. The molecular weight excluding hydrogens is 314 g/mol. The molecule has 0 atom stereocenters. The molecule has 0 unspecified atom stereocenters. The second-order valence-electron chi connectivity index (χ2n) is 7.24. The first-order valence-electron chi connectivity index (χ1n) is 8.34. The van der Waals surface area contributed by atoms with Crippen LogP contribution >= 0.6 is 11.3 Å². The van der Waals surface area contributed by atoms with E-state index in [4.69, 9.17) is 0 Å². The largest absolute Gasteiger partial charge is 0.305 e. The third kappa shape index (κ3) is 3.95. The van der Waals surface area contributed by atoms with Crippen LogP contribution in [0, 0.1) is 0 Å². The normalized spacial score (nSPS) is 12.3. The van der Waals surface area contributed by atoms with Gasteiger partial charge < -0.3 is 4.90 Å². The minimum absolute atomic E-state index is 0.969. The fourth-order valence-corrected chi connectivity index (χ4v) is 4.43. The monoisotopic (exact) mass is 341 g/mol. The number of benzene rings is 2. The van der Waals surface area contributed by atoms with Crippen molar-refractivity contribution in [1.29, 1.82) is 0 Å². The maximum absolute atomic E-state index is 2.37. The van der Waals surface area contributed by atoms with Crippen LogP contribution in [0.15, 0.2) is 36.4 Å². The molecule has 2 aromatic carbocycles. The molecule has 4 heteroatoms. The van der Waals surface area contributed by atoms with Crippen LogP contribution in [-0.2, 0) is 13.1 Å². The van der Waals surface area contributed by atoms with Gasteiger partial charge in [0.1, 0.15) is 0 Å². The summed E-state index contributed by atoms with van der Waals surface area (Å²) in [5.41, 5.74) is 2.76. The minimum atomic E-state index is 0.969. The topological polar surface area (TPSA) is 9.72 Å². The summed E-state index contributed by atoms with van der Waals surface area (Å²) in [6, 6.07) is 13.8. The average molecular weight is 342 g/mol. The van der Waals surface area contributed by atoms with E-state index in [2.05, 4.69) is 86.3 Å². The summed E-state index contributed by atoms with van der Waals surface area (Å²) < 4.78 is 2.77. The molecule has 128 valence electrons. The Morgan fingerprint density at radius 3 is 2.12 bits per heavy atom. The van der Waals surface area contributed by atoms with E-state index < -0.39 is 0 Å². The van der Waals surface area contributed by atoms with Crippen LogP contribution in [0.25, 0.3) is 20.2 Å². The molecule has 0 spiro atoms. The molecular formula is C20H27N3S. The predicted molar refractivity (Wildman–Crippen MR) is 107 cm³/mol. The second-order valence-corrected chi connectivity index (χ2v) is 8.32. The second kappa shape index (κ2) is 7.19. The van der Waals surface area contributed by atoms with Gasteiger partial charge in [0.25, 0.3) is 0 Å². The van der Waals surface area contributed by atoms with E-state index >= 15 is 0 Å². The zero-order valence-electron chi connectivity index (χ0n) is 15.3. The smallest absolute Gasteiger partial charge is 0.0501 e. The van der Waals surface area contributed by atoms with Gasteiger partial charge in [-0.2, -0.15) is 0 Å². The van der Waals surface area contributed by atoms with Crippen LogP contribution in [0.3, 0.4) is 0 Å². The van der Waals surface area contributed by atoms with Gasteiger partial charge in [0, 0.05) is 33.3 Å². The van der Waals surface area contributed by atoms with Crippen molar-refractivity contribution in [2.45, 2.75) is 13.1 Å². The van der Waals surface area contributed by atoms with Gasteiger partial charge in [-0.05, 0) is 64.6 Å². The Kier molecular flexibility index (Phi) is 5.21. The zero-order chi connectivity index (χ0) is 17.3. The van der Waals surface area contributed by atoms with E-state index in [1.165, 1.54) is 31.3 Å². The quantitative estimate of drug-likeness (QED) is 0.626. The van der Waals surface area contributed by atoms with E-state index in [1.807, 2.05) is 11.3 Å². The zero-order valence-corrected chi connectivity index (χ0v) is 16.2. The van der Waals surface area contributed by atoms with Gasteiger partial charge in [0.2, 0.25) is 0 Å². The summed E-state index contributed by atoms with van der Waals surface area (Å²) in [5.74, 6) is 0. The van der Waals surface area contributed by atoms with Gasteiger partial charge in [0.15, 0.2) is 0 Å². The van der Waals surface area contributed by atoms with Gasteiger partial charge in [-0.15, -0.1) is 11.3 Å². The predicted octanol–water partition coefficient (Wildman–Crippen LogP) is 4.07. The molecule has 1 aromatic heterocycles. The van der Waals surface area contributed by atoms with Crippen molar-refractivity contribution in [3.63, 3.8) is 0 Å². The lowest BCUT2D eigenvalue weighted by molar-refractivity contribution is 0.204. The molecule has 0 aliphatic rings. The molecule has 0 aliphatic heterocycles. The van der Waals surface area contributed by atoms with Crippen LogP contribution in [0.4, 0.5) is 0 Å². The maximum atomic E-state index is 2.37. The van der Waals surface area contributed by atoms with Crippen LogP contribution in [0.1, 0.15) is 11.1 Å².